The zero-order valence-electron chi connectivity index (χ0n) is 10.2. The largest absolute Gasteiger partial charge is 0.358 e. The van der Waals surface area contributed by atoms with E-state index in [0.717, 1.165) is 5.56 Å². The normalized spacial score (nSPS) is 11.9. The molecule has 2 aromatic rings. The number of benzene rings is 1. The molecule has 0 radical (unpaired) electrons. The van der Waals surface area contributed by atoms with Crippen molar-refractivity contribution in [1.82, 2.24) is 4.98 Å². The summed E-state index contributed by atoms with van der Waals surface area (Å²) in [4.78, 5) is 14.3. The molecule has 0 amide bonds. The highest BCUT2D eigenvalue weighted by atomic mass is 19.1. The van der Waals surface area contributed by atoms with Gasteiger partial charge in [0.25, 0.3) is 0 Å². The molecule has 19 heavy (non-hydrogen) atoms. The van der Waals surface area contributed by atoms with Gasteiger partial charge in [0.15, 0.2) is 0 Å². The number of rotatable bonds is 4. The minimum atomic E-state index is -0.493. The fourth-order valence-electron chi connectivity index (χ4n) is 1.70. The highest BCUT2D eigenvalue weighted by Gasteiger charge is 2.16. The van der Waals surface area contributed by atoms with Gasteiger partial charge in [0, 0.05) is 12.3 Å². The highest BCUT2D eigenvalue weighted by molar-refractivity contribution is 5.56. The van der Waals surface area contributed by atoms with Gasteiger partial charge in [-0.15, -0.1) is 0 Å². The summed E-state index contributed by atoms with van der Waals surface area (Å²) in [6, 6.07) is 8.62. The first-order chi connectivity index (χ1) is 9.08. The Labute approximate surface area is 109 Å². The van der Waals surface area contributed by atoms with Gasteiger partial charge in [0.05, 0.1) is 11.0 Å². The van der Waals surface area contributed by atoms with Gasteiger partial charge < -0.3 is 5.32 Å². The summed E-state index contributed by atoms with van der Waals surface area (Å²) in [6.45, 7) is 1.83. The van der Waals surface area contributed by atoms with E-state index in [1.165, 1.54) is 30.5 Å². The van der Waals surface area contributed by atoms with Gasteiger partial charge >= 0.3 is 5.69 Å². The lowest BCUT2D eigenvalue weighted by molar-refractivity contribution is -0.384. The number of pyridine rings is 1. The second kappa shape index (κ2) is 5.43. The van der Waals surface area contributed by atoms with E-state index in [9.17, 15) is 14.5 Å². The molecule has 0 saturated heterocycles. The number of nitro groups is 1. The summed E-state index contributed by atoms with van der Waals surface area (Å²) < 4.78 is 12.8. The minimum Gasteiger partial charge on any atom is -0.358 e. The smallest absolute Gasteiger partial charge is 0.311 e. The predicted octanol–water partition coefficient (Wildman–Crippen LogP) is 3.30. The lowest BCUT2D eigenvalue weighted by Gasteiger charge is -2.14. The third-order valence-corrected chi connectivity index (χ3v) is 2.71. The highest BCUT2D eigenvalue weighted by Crippen LogP contribution is 2.25. The number of halogens is 1. The Kier molecular flexibility index (Phi) is 3.70. The molecule has 0 saturated carbocycles. The van der Waals surface area contributed by atoms with E-state index in [1.54, 1.807) is 12.1 Å². The van der Waals surface area contributed by atoms with Crippen LogP contribution in [0.2, 0.25) is 0 Å². The summed E-state index contributed by atoms with van der Waals surface area (Å²) in [7, 11) is 0. The molecule has 6 heteroatoms. The first-order valence-electron chi connectivity index (χ1n) is 5.69. The molecule has 2 rings (SSSR count). The summed E-state index contributed by atoms with van der Waals surface area (Å²) in [5, 5.41) is 13.8. The molecule has 5 nitrogen and oxygen atoms in total. The molecule has 0 unspecified atom stereocenters. The maximum Gasteiger partial charge on any atom is 0.311 e. The number of aromatic nitrogens is 1. The van der Waals surface area contributed by atoms with Crippen LogP contribution in [0.5, 0.6) is 0 Å². The Morgan fingerprint density at radius 1 is 1.32 bits per heavy atom. The van der Waals surface area contributed by atoms with Crippen LogP contribution >= 0.6 is 0 Å². The molecule has 0 aliphatic carbocycles. The van der Waals surface area contributed by atoms with Crippen LogP contribution in [-0.4, -0.2) is 9.91 Å². The molecular formula is C13H12FN3O2. The van der Waals surface area contributed by atoms with E-state index in [4.69, 9.17) is 0 Å². The Morgan fingerprint density at radius 2 is 2.00 bits per heavy atom. The van der Waals surface area contributed by atoms with Crippen LogP contribution in [0.15, 0.2) is 42.6 Å². The summed E-state index contributed by atoms with van der Waals surface area (Å²) in [6.07, 6.45) is 1.48. The third kappa shape index (κ3) is 3.04. The molecule has 0 spiro atoms. The van der Waals surface area contributed by atoms with Crippen molar-refractivity contribution in [2.45, 2.75) is 13.0 Å². The van der Waals surface area contributed by atoms with Gasteiger partial charge in [0.1, 0.15) is 5.82 Å². The van der Waals surface area contributed by atoms with Crippen LogP contribution in [0.1, 0.15) is 18.5 Å². The maximum absolute atomic E-state index is 12.8. The fraction of sp³-hybridized carbons (Fsp3) is 0.154. The Morgan fingerprint density at radius 3 is 2.63 bits per heavy atom. The van der Waals surface area contributed by atoms with E-state index in [1.807, 2.05) is 6.92 Å². The molecule has 1 aromatic heterocycles. The van der Waals surface area contributed by atoms with Crippen molar-refractivity contribution in [3.05, 3.63) is 64.1 Å². The van der Waals surface area contributed by atoms with Gasteiger partial charge in [-0.1, -0.05) is 12.1 Å². The molecule has 1 aromatic carbocycles. The van der Waals surface area contributed by atoms with Crippen molar-refractivity contribution in [2.75, 3.05) is 5.32 Å². The van der Waals surface area contributed by atoms with Crippen LogP contribution in [0, 0.1) is 15.9 Å². The van der Waals surface area contributed by atoms with Gasteiger partial charge in [-0.2, -0.15) is 0 Å². The van der Waals surface area contributed by atoms with Gasteiger partial charge in [0.2, 0.25) is 5.82 Å². The summed E-state index contributed by atoms with van der Waals surface area (Å²) >= 11 is 0. The molecule has 0 bridgehead atoms. The maximum atomic E-state index is 12.8. The van der Waals surface area contributed by atoms with Crippen molar-refractivity contribution >= 4 is 11.5 Å². The van der Waals surface area contributed by atoms with Crippen LogP contribution in [-0.2, 0) is 0 Å². The summed E-state index contributed by atoms with van der Waals surface area (Å²) in [5.74, 6) is -0.121. The zero-order chi connectivity index (χ0) is 13.8. The van der Waals surface area contributed by atoms with E-state index >= 15 is 0 Å². The van der Waals surface area contributed by atoms with E-state index < -0.39 is 4.92 Å². The topological polar surface area (TPSA) is 68.1 Å². The molecule has 0 fully saturated rings. The first kappa shape index (κ1) is 12.9. The van der Waals surface area contributed by atoms with Crippen molar-refractivity contribution < 1.29 is 9.31 Å². The standard InChI is InChI=1S/C13H12FN3O2/c1-9(10-4-6-11(14)7-5-10)16-13-12(17(18)19)3-2-8-15-13/h2-9H,1H3,(H,15,16)/t9-/m1/s1. The number of anilines is 1. The van der Waals surface area contributed by atoms with Crippen LogP contribution in [0.25, 0.3) is 0 Å². The van der Waals surface area contributed by atoms with E-state index in [0.29, 0.717) is 0 Å². The number of hydrogen-bond acceptors (Lipinski definition) is 4. The Balaban J connectivity index is 2.21. The predicted molar refractivity (Wildman–Crippen MR) is 69.3 cm³/mol. The van der Waals surface area contributed by atoms with E-state index in [2.05, 4.69) is 10.3 Å². The number of hydrogen-bond donors (Lipinski definition) is 1. The molecule has 1 N–H and O–H groups in total. The van der Waals surface area contributed by atoms with Crippen molar-refractivity contribution in [1.29, 1.82) is 0 Å². The second-order valence-corrected chi connectivity index (χ2v) is 4.05. The summed E-state index contributed by atoms with van der Waals surface area (Å²) in [5.41, 5.74) is 0.734. The van der Waals surface area contributed by atoms with Crippen molar-refractivity contribution in [3.63, 3.8) is 0 Å². The minimum absolute atomic E-state index is 0.0866. The lowest BCUT2D eigenvalue weighted by atomic mass is 10.1. The Hall–Kier alpha value is -2.50. The lowest BCUT2D eigenvalue weighted by Crippen LogP contribution is -2.09. The molecule has 1 heterocycles. The van der Waals surface area contributed by atoms with Gasteiger partial charge in [-0.3, -0.25) is 10.1 Å². The molecule has 98 valence electrons. The van der Waals surface area contributed by atoms with Crippen LogP contribution in [0.4, 0.5) is 15.9 Å². The van der Waals surface area contributed by atoms with Crippen LogP contribution in [0.3, 0.4) is 0 Å². The zero-order valence-corrected chi connectivity index (χ0v) is 10.2. The van der Waals surface area contributed by atoms with Crippen molar-refractivity contribution in [2.24, 2.45) is 0 Å². The van der Waals surface area contributed by atoms with E-state index in [-0.39, 0.29) is 23.4 Å². The molecule has 0 aliphatic rings. The number of nitrogens with one attached hydrogen (secondary N) is 1. The number of nitrogens with zero attached hydrogens (tertiary/aromatic N) is 2. The molecule has 0 aliphatic heterocycles. The average molecular weight is 261 g/mol. The van der Waals surface area contributed by atoms with Gasteiger partial charge in [-0.25, -0.2) is 9.37 Å². The van der Waals surface area contributed by atoms with Crippen LogP contribution < -0.4 is 5.32 Å². The Bertz CT molecular complexity index is 587. The quantitative estimate of drug-likeness (QED) is 0.677. The molecular weight excluding hydrogens is 249 g/mol. The molecule has 1 atom stereocenters. The first-order valence-corrected chi connectivity index (χ1v) is 5.69. The van der Waals surface area contributed by atoms with Gasteiger partial charge in [-0.05, 0) is 30.7 Å². The fourth-order valence-corrected chi connectivity index (χ4v) is 1.70. The SMILES string of the molecule is C[C@@H](Nc1ncccc1[N+](=O)[O-])c1ccc(F)cc1. The average Bonchev–Trinajstić information content (AvgIpc) is 2.39. The third-order valence-electron chi connectivity index (χ3n) is 2.71. The second-order valence-electron chi connectivity index (χ2n) is 4.05. The monoisotopic (exact) mass is 261 g/mol. The van der Waals surface area contributed by atoms with Crippen molar-refractivity contribution in [3.8, 4) is 0 Å².